The first-order chi connectivity index (χ1) is 10.0. The zero-order valence-electron chi connectivity index (χ0n) is 11.1. The molecule has 0 aliphatic rings. The molecule has 2 aromatic carbocycles. The summed E-state index contributed by atoms with van der Waals surface area (Å²) < 4.78 is 19.6. The van der Waals surface area contributed by atoms with Crippen molar-refractivity contribution in [2.75, 3.05) is 11.9 Å². The van der Waals surface area contributed by atoms with Gasteiger partial charge in [-0.05, 0) is 43.3 Å². The van der Waals surface area contributed by atoms with Gasteiger partial charge in [0.2, 0.25) is 0 Å². The van der Waals surface area contributed by atoms with Gasteiger partial charge < -0.3 is 10.1 Å². The molecule has 0 bridgehead atoms. The Balaban J connectivity index is 2.18. The van der Waals surface area contributed by atoms with E-state index in [-0.39, 0.29) is 5.69 Å². The first-order valence-corrected chi connectivity index (χ1v) is 7.37. The minimum absolute atomic E-state index is 0.105. The van der Waals surface area contributed by atoms with Crippen molar-refractivity contribution in [1.29, 1.82) is 0 Å². The fourth-order valence-corrected chi connectivity index (χ4v) is 2.27. The highest BCUT2D eigenvalue weighted by Gasteiger charge is 2.12. The SMILES string of the molecule is CCOc1ccc(C(=O)Nc2ccc(Br)cc2F)cc1Cl. The maximum Gasteiger partial charge on any atom is 0.255 e. The third-order valence-electron chi connectivity index (χ3n) is 2.67. The van der Waals surface area contributed by atoms with Crippen LogP contribution < -0.4 is 10.1 Å². The fraction of sp³-hybridized carbons (Fsp3) is 0.133. The summed E-state index contributed by atoms with van der Waals surface area (Å²) in [6.07, 6.45) is 0. The number of hydrogen-bond donors (Lipinski definition) is 1. The molecule has 0 fully saturated rings. The van der Waals surface area contributed by atoms with Crippen molar-refractivity contribution in [2.24, 2.45) is 0 Å². The number of carbonyl (C=O) groups excluding carboxylic acids is 1. The Kier molecular flexibility index (Phi) is 5.20. The zero-order chi connectivity index (χ0) is 15.4. The number of amides is 1. The lowest BCUT2D eigenvalue weighted by atomic mass is 10.2. The maximum atomic E-state index is 13.7. The van der Waals surface area contributed by atoms with E-state index in [1.807, 2.05) is 6.92 Å². The van der Waals surface area contributed by atoms with E-state index in [1.165, 1.54) is 18.2 Å². The minimum Gasteiger partial charge on any atom is -0.492 e. The summed E-state index contributed by atoms with van der Waals surface area (Å²) in [7, 11) is 0. The molecule has 0 radical (unpaired) electrons. The smallest absolute Gasteiger partial charge is 0.255 e. The number of hydrogen-bond acceptors (Lipinski definition) is 2. The van der Waals surface area contributed by atoms with Crippen LogP contribution in [0.1, 0.15) is 17.3 Å². The van der Waals surface area contributed by atoms with E-state index in [0.29, 0.717) is 27.4 Å². The summed E-state index contributed by atoms with van der Waals surface area (Å²) >= 11 is 9.18. The summed E-state index contributed by atoms with van der Waals surface area (Å²) in [5.41, 5.74) is 0.430. The standard InChI is InChI=1S/C15H12BrClFNO2/c1-2-21-14-6-3-9(7-11(14)17)15(20)19-13-5-4-10(16)8-12(13)18/h3-8H,2H2,1H3,(H,19,20). The second kappa shape index (κ2) is 6.91. The average molecular weight is 373 g/mol. The van der Waals surface area contributed by atoms with Gasteiger partial charge in [-0.2, -0.15) is 0 Å². The molecule has 0 aromatic heterocycles. The summed E-state index contributed by atoms with van der Waals surface area (Å²) in [4.78, 5) is 12.1. The Morgan fingerprint density at radius 2 is 2.10 bits per heavy atom. The summed E-state index contributed by atoms with van der Waals surface area (Å²) in [5.74, 6) is -0.457. The molecule has 0 aliphatic heterocycles. The Morgan fingerprint density at radius 3 is 2.71 bits per heavy atom. The Morgan fingerprint density at radius 1 is 1.33 bits per heavy atom. The van der Waals surface area contributed by atoms with Crippen molar-refractivity contribution in [1.82, 2.24) is 0 Å². The average Bonchev–Trinajstić information content (AvgIpc) is 2.44. The first kappa shape index (κ1) is 15.8. The molecule has 0 aliphatic carbocycles. The lowest BCUT2D eigenvalue weighted by Gasteiger charge is -2.09. The molecule has 0 atom stereocenters. The van der Waals surface area contributed by atoms with E-state index >= 15 is 0 Å². The predicted octanol–water partition coefficient (Wildman–Crippen LogP) is 4.89. The van der Waals surface area contributed by atoms with Crippen molar-refractivity contribution >= 4 is 39.1 Å². The van der Waals surface area contributed by atoms with Gasteiger partial charge >= 0.3 is 0 Å². The number of ether oxygens (including phenoxy) is 1. The Hall–Kier alpha value is -1.59. The van der Waals surface area contributed by atoms with E-state index in [2.05, 4.69) is 21.2 Å². The van der Waals surface area contributed by atoms with Crippen LogP contribution in [0.3, 0.4) is 0 Å². The molecule has 21 heavy (non-hydrogen) atoms. The second-order valence-electron chi connectivity index (χ2n) is 4.16. The third kappa shape index (κ3) is 3.95. The first-order valence-electron chi connectivity index (χ1n) is 6.20. The second-order valence-corrected chi connectivity index (χ2v) is 5.48. The zero-order valence-corrected chi connectivity index (χ0v) is 13.5. The van der Waals surface area contributed by atoms with Crippen molar-refractivity contribution in [3.8, 4) is 5.75 Å². The number of carbonyl (C=O) groups is 1. The van der Waals surface area contributed by atoms with Crippen LogP contribution in [0.2, 0.25) is 5.02 Å². The number of halogens is 3. The molecule has 0 saturated carbocycles. The summed E-state index contributed by atoms with van der Waals surface area (Å²) in [6, 6.07) is 9.07. The molecule has 0 heterocycles. The molecule has 1 N–H and O–H groups in total. The van der Waals surface area contributed by atoms with E-state index < -0.39 is 11.7 Å². The van der Waals surface area contributed by atoms with Crippen LogP contribution in [0.25, 0.3) is 0 Å². The highest BCUT2D eigenvalue weighted by atomic mass is 79.9. The van der Waals surface area contributed by atoms with Gasteiger partial charge in [-0.25, -0.2) is 4.39 Å². The lowest BCUT2D eigenvalue weighted by Crippen LogP contribution is -2.13. The van der Waals surface area contributed by atoms with E-state index in [0.717, 1.165) is 0 Å². The van der Waals surface area contributed by atoms with Gasteiger partial charge in [0.1, 0.15) is 11.6 Å². The molecule has 0 unspecified atom stereocenters. The molecule has 0 saturated heterocycles. The Labute approximate surface area is 135 Å². The van der Waals surface area contributed by atoms with Gasteiger partial charge in [0.05, 0.1) is 17.3 Å². The monoisotopic (exact) mass is 371 g/mol. The summed E-state index contributed by atoms with van der Waals surface area (Å²) in [5, 5.41) is 2.83. The topological polar surface area (TPSA) is 38.3 Å². The van der Waals surface area contributed by atoms with Crippen molar-refractivity contribution < 1.29 is 13.9 Å². The van der Waals surface area contributed by atoms with Gasteiger partial charge in [-0.15, -0.1) is 0 Å². The van der Waals surface area contributed by atoms with Crippen LogP contribution in [0, 0.1) is 5.82 Å². The highest BCUT2D eigenvalue weighted by molar-refractivity contribution is 9.10. The maximum absolute atomic E-state index is 13.7. The van der Waals surface area contributed by atoms with Crippen LogP contribution in [-0.2, 0) is 0 Å². The molecule has 3 nitrogen and oxygen atoms in total. The van der Waals surface area contributed by atoms with Gasteiger partial charge in [-0.3, -0.25) is 4.79 Å². The van der Waals surface area contributed by atoms with Crippen molar-refractivity contribution in [3.05, 3.63) is 57.3 Å². The van der Waals surface area contributed by atoms with Gasteiger partial charge in [0.25, 0.3) is 5.91 Å². The highest BCUT2D eigenvalue weighted by Crippen LogP contribution is 2.26. The van der Waals surface area contributed by atoms with E-state index in [9.17, 15) is 9.18 Å². The van der Waals surface area contributed by atoms with Crippen LogP contribution in [0.15, 0.2) is 40.9 Å². The lowest BCUT2D eigenvalue weighted by molar-refractivity contribution is 0.102. The molecule has 2 rings (SSSR count). The molecular weight excluding hydrogens is 361 g/mol. The number of anilines is 1. The van der Waals surface area contributed by atoms with Crippen molar-refractivity contribution in [3.63, 3.8) is 0 Å². The largest absolute Gasteiger partial charge is 0.492 e. The number of benzene rings is 2. The van der Waals surface area contributed by atoms with Crippen LogP contribution in [-0.4, -0.2) is 12.5 Å². The Bertz CT molecular complexity index is 679. The quantitative estimate of drug-likeness (QED) is 0.829. The van der Waals surface area contributed by atoms with Gasteiger partial charge in [0.15, 0.2) is 0 Å². The van der Waals surface area contributed by atoms with Crippen molar-refractivity contribution in [2.45, 2.75) is 6.92 Å². The minimum atomic E-state index is -0.519. The number of rotatable bonds is 4. The summed E-state index contributed by atoms with van der Waals surface area (Å²) in [6.45, 7) is 2.32. The normalized spacial score (nSPS) is 10.3. The molecular formula is C15H12BrClFNO2. The third-order valence-corrected chi connectivity index (χ3v) is 3.46. The predicted molar refractivity (Wildman–Crippen MR) is 84.7 cm³/mol. The molecule has 2 aromatic rings. The molecule has 1 amide bonds. The van der Waals surface area contributed by atoms with Gasteiger partial charge in [-0.1, -0.05) is 27.5 Å². The molecule has 0 spiro atoms. The molecule has 110 valence electrons. The van der Waals surface area contributed by atoms with Crippen LogP contribution >= 0.6 is 27.5 Å². The van der Waals surface area contributed by atoms with Gasteiger partial charge in [0, 0.05) is 10.0 Å². The number of nitrogens with one attached hydrogen (secondary N) is 1. The van der Waals surface area contributed by atoms with Crippen LogP contribution in [0.5, 0.6) is 5.75 Å². The van der Waals surface area contributed by atoms with Crippen LogP contribution in [0.4, 0.5) is 10.1 Å². The fourth-order valence-electron chi connectivity index (χ4n) is 1.70. The van der Waals surface area contributed by atoms with E-state index in [1.54, 1.807) is 18.2 Å². The van der Waals surface area contributed by atoms with E-state index in [4.69, 9.17) is 16.3 Å². The molecule has 6 heteroatoms.